The number of imidazole rings is 1. The number of amides is 1. The summed E-state index contributed by atoms with van der Waals surface area (Å²) in [4.78, 5) is 20.8. The second kappa shape index (κ2) is 7.76. The van der Waals surface area contributed by atoms with Crippen LogP contribution in [0, 0.1) is 11.6 Å². The van der Waals surface area contributed by atoms with Gasteiger partial charge in [-0.3, -0.25) is 14.7 Å². The van der Waals surface area contributed by atoms with Crippen LogP contribution in [0.1, 0.15) is 5.56 Å². The highest BCUT2D eigenvalue weighted by Gasteiger charge is 2.15. The second-order valence-corrected chi connectivity index (χ2v) is 5.95. The van der Waals surface area contributed by atoms with Crippen molar-refractivity contribution < 1.29 is 18.3 Å². The fourth-order valence-electron chi connectivity index (χ4n) is 2.54. The molecule has 9 heteroatoms. The van der Waals surface area contributed by atoms with Gasteiger partial charge in [-0.15, -0.1) is 0 Å². The Kier molecular flexibility index (Phi) is 5.43. The topological polar surface area (TPSA) is 69.0 Å². The molecule has 0 fully saturated rings. The highest BCUT2D eigenvalue weighted by atomic mass is 35.5. The number of nitrogens with zero attached hydrogens (tertiary/aromatic N) is 3. The molecule has 6 nitrogen and oxygen atoms in total. The molecule has 0 saturated heterocycles. The maximum absolute atomic E-state index is 13.3. The SMILES string of the molecule is COCCn1c(NC(=O)Cc2cc(F)cc(F)c2)nc2ccc(Cl)nc21. The average Bonchev–Trinajstić information content (AvgIpc) is 2.88. The summed E-state index contributed by atoms with van der Waals surface area (Å²) in [6, 6.07) is 6.25. The summed E-state index contributed by atoms with van der Waals surface area (Å²) in [5, 5.41) is 2.94. The molecule has 26 heavy (non-hydrogen) atoms. The van der Waals surface area contributed by atoms with E-state index in [1.807, 2.05) is 0 Å². The van der Waals surface area contributed by atoms with Crippen LogP contribution < -0.4 is 5.32 Å². The molecule has 0 spiro atoms. The third-order valence-corrected chi connectivity index (χ3v) is 3.83. The van der Waals surface area contributed by atoms with Gasteiger partial charge < -0.3 is 4.74 Å². The average molecular weight is 381 g/mol. The predicted octanol–water partition coefficient (Wildman–Crippen LogP) is 3.19. The van der Waals surface area contributed by atoms with Gasteiger partial charge in [0.15, 0.2) is 5.65 Å². The van der Waals surface area contributed by atoms with Crippen LogP contribution in [0.25, 0.3) is 11.2 Å². The summed E-state index contributed by atoms with van der Waals surface area (Å²) in [5.41, 5.74) is 1.28. The van der Waals surface area contributed by atoms with Crippen LogP contribution in [-0.4, -0.2) is 34.2 Å². The number of benzene rings is 1. The van der Waals surface area contributed by atoms with Crippen molar-refractivity contribution in [2.24, 2.45) is 0 Å². The van der Waals surface area contributed by atoms with Crippen molar-refractivity contribution in [2.45, 2.75) is 13.0 Å². The van der Waals surface area contributed by atoms with Crippen molar-refractivity contribution >= 4 is 34.6 Å². The zero-order valence-electron chi connectivity index (χ0n) is 13.8. The lowest BCUT2D eigenvalue weighted by Gasteiger charge is -2.09. The first kappa shape index (κ1) is 18.2. The van der Waals surface area contributed by atoms with Crippen molar-refractivity contribution in [1.29, 1.82) is 0 Å². The number of carbonyl (C=O) groups excluding carboxylic acids is 1. The van der Waals surface area contributed by atoms with Crippen LogP contribution >= 0.6 is 11.6 Å². The van der Waals surface area contributed by atoms with E-state index in [0.717, 1.165) is 18.2 Å². The monoisotopic (exact) mass is 380 g/mol. The van der Waals surface area contributed by atoms with Gasteiger partial charge in [-0.1, -0.05) is 11.6 Å². The van der Waals surface area contributed by atoms with Gasteiger partial charge >= 0.3 is 0 Å². The van der Waals surface area contributed by atoms with Crippen LogP contribution in [0.3, 0.4) is 0 Å². The van der Waals surface area contributed by atoms with E-state index in [4.69, 9.17) is 16.3 Å². The first-order valence-corrected chi connectivity index (χ1v) is 8.10. The molecule has 0 bridgehead atoms. The molecular weight excluding hydrogens is 366 g/mol. The maximum atomic E-state index is 13.3. The molecular formula is C17H15ClF2N4O2. The van der Waals surface area contributed by atoms with E-state index in [-0.39, 0.29) is 17.9 Å². The van der Waals surface area contributed by atoms with Crippen molar-refractivity contribution in [3.8, 4) is 0 Å². The molecule has 3 aromatic rings. The van der Waals surface area contributed by atoms with Crippen molar-refractivity contribution in [3.63, 3.8) is 0 Å². The van der Waals surface area contributed by atoms with Crippen molar-refractivity contribution in [2.75, 3.05) is 19.0 Å². The highest BCUT2D eigenvalue weighted by Crippen LogP contribution is 2.20. The number of halogens is 3. The minimum atomic E-state index is -0.737. The molecule has 0 saturated carbocycles. The Morgan fingerprint density at radius 1 is 1.23 bits per heavy atom. The summed E-state index contributed by atoms with van der Waals surface area (Å²) in [7, 11) is 1.55. The van der Waals surface area contributed by atoms with Crippen LogP contribution in [0.4, 0.5) is 14.7 Å². The largest absolute Gasteiger partial charge is 0.383 e. The first-order chi connectivity index (χ1) is 12.5. The molecule has 0 atom stereocenters. The number of rotatable bonds is 6. The van der Waals surface area contributed by atoms with Gasteiger partial charge in [0.2, 0.25) is 11.9 Å². The number of fused-ring (bicyclic) bond motifs is 1. The van der Waals surface area contributed by atoms with Crippen molar-refractivity contribution in [3.05, 3.63) is 52.7 Å². The minimum Gasteiger partial charge on any atom is -0.383 e. The molecule has 0 aliphatic rings. The summed E-state index contributed by atoms with van der Waals surface area (Å²) in [5.74, 6) is -1.68. The smallest absolute Gasteiger partial charge is 0.231 e. The normalized spacial score (nSPS) is 11.1. The Morgan fingerprint density at radius 3 is 2.65 bits per heavy atom. The highest BCUT2D eigenvalue weighted by molar-refractivity contribution is 6.29. The van der Waals surface area contributed by atoms with Gasteiger partial charge in [0.1, 0.15) is 22.3 Å². The number of pyridine rings is 1. The fraction of sp³-hybridized carbons (Fsp3) is 0.235. The van der Waals surface area contributed by atoms with Gasteiger partial charge in [0.05, 0.1) is 19.6 Å². The van der Waals surface area contributed by atoms with Gasteiger partial charge in [0.25, 0.3) is 0 Å². The molecule has 1 aromatic carbocycles. The summed E-state index contributed by atoms with van der Waals surface area (Å²) in [6.45, 7) is 0.766. The Hall–Kier alpha value is -2.58. The lowest BCUT2D eigenvalue weighted by Crippen LogP contribution is -2.19. The van der Waals surface area contributed by atoms with E-state index in [0.29, 0.717) is 29.5 Å². The molecule has 0 aliphatic heterocycles. The molecule has 0 aliphatic carbocycles. The molecule has 2 aromatic heterocycles. The Balaban J connectivity index is 1.85. The van der Waals surface area contributed by atoms with E-state index in [1.165, 1.54) is 0 Å². The number of anilines is 1. The molecule has 136 valence electrons. The fourth-order valence-corrected chi connectivity index (χ4v) is 2.68. The minimum absolute atomic E-state index is 0.198. The molecule has 0 radical (unpaired) electrons. The van der Waals surface area contributed by atoms with Crippen LogP contribution in [0.15, 0.2) is 30.3 Å². The number of nitrogens with one attached hydrogen (secondary N) is 1. The summed E-state index contributed by atoms with van der Waals surface area (Å²) < 4.78 is 33.3. The van der Waals surface area contributed by atoms with Gasteiger partial charge in [-0.25, -0.2) is 18.7 Å². The zero-order valence-corrected chi connectivity index (χ0v) is 14.6. The van der Waals surface area contributed by atoms with Gasteiger partial charge in [-0.2, -0.15) is 0 Å². The van der Waals surface area contributed by atoms with Crippen molar-refractivity contribution in [1.82, 2.24) is 14.5 Å². The van der Waals surface area contributed by atoms with Gasteiger partial charge in [-0.05, 0) is 29.8 Å². The summed E-state index contributed by atoms with van der Waals surface area (Å²) in [6.07, 6.45) is -0.198. The molecule has 1 N–H and O–H groups in total. The molecule has 3 rings (SSSR count). The van der Waals surface area contributed by atoms with Gasteiger partial charge in [0, 0.05) is 13.2 Å². The number of hydrogen-bond donors (Lipinski definition) is 1. The Labute approximate surface area is 152 Å². The zero-order chi connectivity index (χ0) is 18.7. The third kappa shape index (κ3) is 4.14. The molecule has 0 unspecified atom stereocenters. The number of carbonyl (C=O) groups is 1. The first-order valence-electron chi connectivity index (χ1n) is 7.73. The second-order valence-electron chi connectivity index (χ2n) is 5.56. The maximum Gasteiger partial charge on any atom is 0.231 e. The summed E-state index contributed by atoms with van der Waals surface area (Å²) >= 11 is 5.93. The number of ether oxygens (including phenoxy) is 1. The van der Waals surface area contributed by atoms with E-state index >= 15 is 0 Å². The molecule has 1 amide bonds. The van der Waals surface area contributed by atoms with E-state index < -0.39 is 17.5 Å². The third-order valence-electron chi connectivity index (χ3n) is 3.62. The van der Waals surface area contributed by atoms with Crippen LogP contribution in [0.5, 0.6) is 0 Å². The predicted molar refractivity (Wildman–Crippen MR) is 93.1 cm³/mol. The Morgan fingerprint density at radius 2 is 1.96 bits per heavy atom. The lowest BCUT2D eigenvalue weighted by atomic mass is 10.1. The van der Waals surface area contributed by atoms with Crippen LogP contribution in [0.2, 0.25) is 5.15 Å². The van der Waals surface area contributed by atoms with E-state index in [2.05, 4.69) is 15.3 Å². The molecule has 2 heterocycles. The number of aromatic nitrogens is 3. The standard InChI is InChI=1S/C17H15ClF2N4O2/c1-26-5-4-24-16-13(2-3-14(18)22-16)21-17(24)23-15(25)8-10-6-11(19)9-12(20)7-10/h2-3,6-7,9H,4-5,8H2,1H3,(H,21,23,25). The van der Waals surface area contributed by atoms with E-state index in [1.54, 1.807) is 23.8 Å². The van der Waals surface area contributed by atoms with E-state index in [9.17, 15) is 13.6 Å². The number of methoxy groups -OCH3 is 1. The Bertz CT molecular complexity index is 941. The lowest BCUT2D eigenvalue weighted by molar-refractivity contribution is -0.115. The quantitative estimate of drug-likeness (QED) is 0.667. The number of hydrogen-bond acceptors (Lipinski definition) is 4. The van der Waals surface area contributed by atoms with Crippen LogP contribution in [-0.2, 0) is 22.5 Å².